The van der Waals surface area contributed by atoms with Gasteiger partial charge in [-0.15, -0.1) is 0 Å². The molecule has 1 aromatic carbocycles. The lowest BCUT2D eigenvalue weighted by Crippen LogP contribution is -2.51. The van der Waals surface area contributed by atoms with Crippen molar-refractivity contribution in [1.29, 1.82) is 0 Å². The summed E-state index contributed by atoms with van der Waals surface area (Å²) in [5, 5.41) is 0. The van der Waals surface area contributed by atoms with E-state index >= 15 is 0 Å². The summed E-state index contributed by atoms with van der Waals surface area (Å²) in [4.78, 5) is 25.1. The van der Waals surface area contributed by atoms with Crippen molar-refractivity contribution in [1.82, 2.24) is 4.90 Å². The van der Waals surface area contributed by atoms with Crippen molar-refractivity contribution in [3.63, 3.8) is 0 Å². The van der Waals surface area contributed by atoms with Crippen LogP contribution in [0.3, 0.4) is 0 Å². The lowest BCUT2D eigenvalue weighted by atomic mass is 10.0. The number of carbonyl (C=O) groups excluding carboxylic acids is 2. The molecule has 1 fully saturated rings. The summed E-state index contributed by atoms with van der Waals surface area (Å²) in [6.07, 6.45) is 2.21. The van der Waals surface area contributed by atoms with E-state index in [1.54, 1.807) is 0 Å². The molecule has 4 nitrogen and oxygen atoms in total. The third-order valence-electron chi connectivity index (χ3n) is 3.27. The zero-order valence-corrected chi connectivity index (χ0v) is 10.3. The SMILES string of the molecule is NCC(Cc1ccccc1)N1C(=O)CCCC1=O. The van der Waals surface area contributed by atoms with E-state index in [0.29, 0.717) is 32.2 Å². The van der Waals surface area contributed by atoms with Crippen LogP contribution in [-0.4, -0.2) is 29.3 Å². The minimum atomic E-state index is -0.215. The van der Waals surface area contributed by atoms with Crippen LogP contribution in [0.1, 0.15) is 24.8 Å². The third-order valence-corrected chi connectivity index (χ3v) is 3.27. The van der Waals surface area contributed by atoms with Crippen molar-refractivity contribution in [3.8, 4) is 0 Å². The van der Waals surface area contributed by atoms with Crippen LogP contribution in [0.25, 0.3) is 0 Å². The molecule has 2 amide bonds. The minimum absolute atomic E-state index is 0.0855. The van der Waals surface area contributed by atoms with E-state index in [9.17, 15) is 9.59 Å². The van der Waals surface area contributed by atoms with Gasteiger partial charge in [0.25, 0.3) is 0 Å². The lowest BCUT2D eigenvalue weighted by Gasteiger charge is -2.32. The second-order valence-electron chi connectivity index (χ2n) is 4.59. The fourth-order valence-electron chi connectivity index (χ4n) is 2.34. The zero-order valence-electron chi connectivity index (χ0n) is 10.3. The number of benzene rings is 1. The summed E-state index contributed by atoms with van der Waals surface area (Å²) in [5.74, 6) is -0.171. The molecule has 0 bridgehead atoms. The summed E-state index contributed by atoms with van der Waals surface area (Å²) in [7, 11) is 0. The van der Waals surface area contributed by atoms with Crippen LogP contribution in [0.2, 0.25) is 0 Å². The molecular formula is C14H18N2O2. The summed E-state index contributed by atoms with van der Waals surface area (Å²) in [5.41, 5.74) is 6.83. The van der Waals surface area contributed by atoms with Gasteiger partial charge < -0.3 is 5.73 Å². The molecule has 1 atom stereocenters. The molecule has 2 rings (SSSR count). The first-order valence-corrected chi connectivity index (χ1v) is 6.31. The van der Waals surface area contributed by atoms with E-state index in [-0.39, 0.29) is 17.9 Å². The summed E-state index contributed by atoms with van der Waals surface area (Å²) >= 11 is 0. The van der Waals surface area contributed by atoms with Gasteiger partial charge in [0.15, 0.2) is 0 Å². The highest BCUT2D eigenvalue weighted by Gasteiger charge is 2.31. The molecule has 0 spiro atoms. The van der Waals surface area contributed by atoms with E-state index in [1.165, 1.54) is 4.90 Å². The maximum absolute atomic E-state index is 11.8. The Kier molecular flexibility index (Phi) is 4.10. The van der Waals surface area contributed by atoms with Gasteiger partial charge in [0, 0.05) is 19.4 Å². The topological polar surface area (TPSA) is 63.4 Å². The van der Waals surface area contributed by atoms with Gasteiger partial charge in [0.1, 0.15) is 0 Å². The van der Waals surface area contributed by atoms with Gasteiger partial charge in [-0.25, -0.2) is 0 Å². The van der Waals surface area contributed by atoms with Gasteiger partial charge in [0.2, 0.25) is 11.8 Å². The molecule has 18 heavy (non-hydrogen) atoms. The maximum atomic E-state index is 11.8. The van der Waals surface area contributed by atoms with Crippen LogP contribution in [0.5, 0.6) is 0 Å². The molecule has 0 aromatic heterocycles. The number of nitrogens with two attached hydrogens (primary N) is 1. The predicted octanol–water partition coefficient (Wildman–Crippen LogP) is 1.10. The number of rotatable bonds is 4. The Hall–Kier alpha value is -1.68. The molecule has 1 unspecified atom stereocenters. The van der Waals surface area contributed by atoms with Crippen LogP contribution >= 0.6 is 0 Å². The Balaban J connectivity index is 2.12. The summed E-state index contributed by atoms with van der Waals surface area (Å²) in [6, 6.07) is 9.60. The molecule has 1 saturated heterocycles. The number of hydrogen-bond acceptors (Lipinski definition) is 3. The molecule has 0 saturated carbocycles. The fourth-order valence-corrected chi connectivity index (χ4v) is 2.34. The Labute approximate surface area is 107 Å². The number of amides is 2. The van der Waals surface area contributed by atoms with E-state index in [0.717, 1.165) is 5.56 Å². The first kappa shape index (κ1) is 12.8. The van der Waals surface area contributed by atoms with E-state index in [4.69, 9.17) is 5.73 Å². The smallest absolute Gasteiger partial charge is 0.229 e. The molecule has 0 aliphatic carbocycles. The molecule has 1 aliphatic heterocycles. The highest BCUT2D eigenvalue weighted by molar-refractivity contribution is 5.97. The summed E-state index contributed by atoms with van der Waals surface area (Å²) < 4.78 is 0. The Morgan fingerprint density at radius 2 is 1.72 bits per heavy atom. The molecule has 4 heteroatoms. The van der Waals surface area contributed by atoms with Crippen molar-refractivity contribution in [2.24, 2.45) is 5.73 Å². The molecule has 1 aliphatic rings. The number of piperidine rings is 1. The molecular weight excluding hydrogens is 228 g/mol. The standard InChI is InChI=1S/C14H18N2O2/c15-10-12(9-11-5-2-1-3-6-11)16-13(17)7-4-8-14(16)18/h1-3,5-6,12H,4,7-10,15H2. The Morgan fingerprint density at radius 1 is 1.11 bits per heavy atom. The number of hydrogen-bond donors (Lipinski definition) is 1. The van der Waals surface area contributed by atoms with Crippen molar-refractivity contribution >= 4 is 11.8 Å². The number of carbonyl (C=O) groups is 2. The lowest BCUT2D eigenvalue weighted by molar-refractivity contribution is -0.150. The van der Waals surface area contributed by atoms with E-state index in [1.807, 2.05) is 30.3 Å². The van der Waals surface area contributed by atoms with Gasteiger partial charge in [-0.2, -0.15) is 0 Å². The molecule has 1 heterocycles. The van der Waals surface area contributed by atoms with Crippen molar-refractivity contribution < 1.29 is 9.59 Å². The van der Waals surface area contributed by atoms with Crippen LogP contribution in [-0.2, 0) is 16.0 Å². The average Bonchev–Trinajstić information content (AvgIpc) is 2.38. The predicted molar refractivity (Wildman–Crippen MR) is 68.7 cm³/mol. The van der Waals surface area contributed by atoms with Crippen LogP contribution < -0.4 is 5.73 Å². The van der Waals surface area contributed by atoms with Crippen LogP contribution in [0.15, 0.2) is 30.3 Å². The van der Waals surface area contributed by atoms with Gasteiger partial charge in [-0.1, -0.05) is 30.3 Å². The normalized spacial score (nSPS) is 17.9. The number of nitrogens with zero attached hydrogens (tertiary/aromatic N) is 1. The zero-order chi connectivity index (χ0) is 13.0. The quantitative estimate of drug-likeness (QED) is 0.809. The largest absolute Gasteiger partial charge is 0.328 e. The third kappa shape index (κ3) is 2.76. The summed E-state index contributed by atoms with van der Waals surface area (Å²) in [6.45, 7) is 0.312. The number of likely N-dealkylation sites (tertiary alicyclic amines) is 1. The average molecular weight is 246 g/mol. The fraction of sp³-hybridized carbons (Fsp3) is 0.429. The highest BCUT2D eigenvalue weighted by atomic mass is 16.2. The van der Waals surface area contributed by atoms with Crippen molar-refractivity contribution in [2.75, 3.05) is 6.54 Å². The van der Waals surface area contributed by atoms with Crippen molar-refractivity contribution in [2.45, 2.75) is 31.7 Å². The van der Waals surface area contributed by atoms with Gasteiger partial charge in [-0.05, 0) is 18.4 Å². The molecule has 2 N–H and O–H groups in total. The Bertz CT molecular complexity index is 415. The number of imide groups is 1. The highest BCUT2D eigenvalue weighted by Crippen LogP contribution is 2.17. The molecule has 96 valence electrons. The second-order valence-corrected chi connectivity index (χ2v) is 4.59. The first-order valence-electron chi connectivity index (χ1n) is 6.31. The van der Waals surface area contributed by atoms with Gasteiger partial charge in [0.05, 0.1) is 6.04 Å². The second kappa shape index (κ2) is 5.78. The van der Waals surface area contributed by atoms with E-state index < -0.39 is 0 Å². The molecule has 1 aromatic rings. The monoisotopic (exact) mass is 246 g/mol. The maximum Gasteiger partial charge on any atom is 0.229 e. The van der Waals surface area contributed by atoms with Crippen molar-refractivity contribution in [3.05, 3.63) is 35.9 Å². The Morgan fingerprint density at radius 3 is 2.28 bits per heavy atom. The van der Waals surface area contributed by atoms with Crippen LogP contribution in [0.4, 0.5) is 0 Å². The first-order chi connectivity index (χ1) is 8.72. The molecule has 0 radical (unpaired) electrons. The van der Waals surface area contributed by atoms with Gasteiger partial charge >= 0.3 is 0 Å². The van der Waals surface area contributed by atoms with E-state index in [2.05, 4.69) is 0 Å². The van der Waals surface area contributed by atoms with Crippen LogP contribution in [0, 0.1) is 0 Å². The minimum Gasteiger partial charge on any atom is -0.328 e. The van der Waals surface area contributed by atoms with Gasteiger partial charge in [-0.3, -0.25) is 14.5 Å².